The van der Waals surface area contributed by atoms with E-state index in [0.29, 0.717) is 0 Å². The summed E-state index contributed by atoms with van der Waals surface area (Å²) >= 11 is 2.93. The van der Waals surface area contributed by atoms with Gasteiger partial charge in [0.2, 0.25) is 0 Å². The smallest absolute Gasteiger partial charge is 0.435 e. The molecule has 9 heteroatoms. The fourth-order valence-electron chi connectivity index (χ4n) is 1.73. The number of halogens is 4. The van der Waals surface area contributed by atoms with E-state index in [2.05, 4.69) is 31.5 Å². The van der Waals surface area contributed by atoms with Gasteiger partial charge in [-0.15, -0.1) is 0 Å². The van der Waals surface area contributed by atoms with Crippen LogP contribution in [0.4, 0.5) is 23.7 Å². The number of pyridine rings is 1. The van der Waals surface area contributed by atoms with Crippen LogP contribution < -0.4 is 10.6 Å². The van der Waals surface area contributed by atoms with Crippen LogP contribution in [0.1, 0.15) is 40.3 Å². The average Bonchev–Trinajstić information content (AvgIpc) is 2.32. The van der Waals surface area contributed by atoms with Crippen molar-refractivity contribution in [1.29, 1.82) is 0 Å². The number of hydrogen-bond acceptors (Lipinski definition) is 4. The van der Waals surface area contributed by atoms with Crippen molar-refractivity contribution in [3.63, 3.8) is 0 Å². The molecule has 0 aliphatic carbocycles. The van der Waals surface area contributed by atoms with Gasteiger partial charge >= 0.3 is 12.3 Å². The van der Waals surface area contributed by atoms with Crippen molar-refractivity contribution in [2.75, 3.05) is 11.9 Å². The number of alkyl halides is 3. The zero-order valence-corrected chi connectivity index (χ0v) is 15.7. The number of nitrogens with zero attached hydrogens (tertiary/aromatic N) is 1. The van der Waals surface area contributed by atoms with Gasteiger partial charge in [0, 0.05) is 6.54 Å². The van der Waals surface area contributed by atoms with Crippen LogP contribution in [0.5, 0.6) is 0 Å². The maximum absolute atomic E-state index is 13.0. The highest BCUT2D eigenvalue weighted by molar-refractivity contribution is 9.10. The molecule has 1 heterocycles. The quantitative estimate of drug-likeness (QED) is 0.711. The van der Waals surface area contributed by atoms with E-state index in [4.69, 9.17) is 4.74 Å². The molecule has 2 N–H and O–H groups in total. The van der Waals surface area contributed by atoms with E-state index in [9.17, 15) is 18.0 Å². The number of rotatable bonds is 4. The minimum Gasteiger partial charge on any atom is -0.444 e. The molecule has 0 bridgehead atoms. The molecular formula is C15H21BrF3N3O2. The summed E-state index contributed by atoms with van der Waals surface area (Å²) in [6, 6.07) is 2.69. The maximum Gasteiger partial charge on any atom is 0.435 e. The number of amides is 1. The Morgan fingerprint density at radius 2 is 1.79 bits per heavy atom. The molecule has 0 atom stereocenters. The van der Waals surface area contributed by atoms with E-state index < -0.39 is 29.1 Å². The second-order valence-corrected chi connectivity index (χ2v) is 7.70. The molecule has 1 rings (SSSR count). The van der Waals surface area contributed by atoms with Gasteiger partial charge in [0.05, 0.1) is 11.2 Å². The predicted molar refractivity (Wildman–Crippen MR) is 88.9 cm³/mol. The number of carbonyl (C=O) groups excluding carboxylic acids is 1. The van der Waals surface area contributed by atoms with Crippen molar-refractivity contribution in [2.45, 2.75) is 51.9 Å². The molecule has 0 unspecified atom stereocenters. The predicted octanol–water partition coefficient (Wildman–Crippen LogP) is 4.58. The molecule has 0 radical (unpaired) electrons. The lowest BCUT2D eigenvalue weighted by molar-refractivity contribution is -0.140. The third-order valence-corrected chi connectivity index (χ3v) is 3.13. The zero-order valence-electron chi connectivity index (χ0n) is 14.1. The van der Waals surface area contributed by atoms with Crippen molar-refractivity contribution >= 4 is 27.7 Å². The van der Waals surface area contributed by atoms with Crippen LogP contribution in [-0.4, -0.2) is 28.8 Å². The Kier molecular flexibility index (Phi) is 6.13. The third kappa shape index (κ3) is 6.94. The highest BCUT2D eigenvalue weighted by Crippen LogP contribution is 2.34. The summed E-state index contributed by atoms with van der Waals surface area (Å²) in [6.45, 7) is 8.56. The summed E-state index contributed by atoms with van der Waals surface area (Å²) in [7, 11) is 0. The van der Waals surface area contributed by atoms with Crippen LogP contribution in [0.25, 0.3) is 0 Å². The Morgan fingerprint density at radius 3 is 2.29 bits per heavy atom. The first-order valence-electron chi connectivity index (χ1n) is 7.18. The maximum atomic E-state index is 13.0. The normalized spacial score (nSPS) is 12.7. The first-order chi connectivity index (χ1) is 10.7. The molecule has 5 nitrogen and oxygen atoms in total. The third-order valence-electron chi connectivity index (χ3n) is 2.69. The number of nitrogens with one attached hydrogen (secondary N) is 2. The van der Waals surface area contributed by atoms with E-state index in [0.717, 1.165) is 0 Å². The second kappa shape index (κ2) is 7.16. The van der Waals surface area contributed by atoms with Gasteiger partial charge in [-0.05, 0) is 62.7 Å². The molecule has 1 aromatic heterocycles. The molecule has 1 aromatic rings. The summed E-state index contributed by atoms with van der Waals surface area (Å²) in [5, 5.41) is 5.30. The molecular weight excluding hydrogens is 391 g/mol. The molecule has 24 heavy (non-hydrogen) atoms. The summed E-state index contributed by atoms with van der Waals surface area (Å²) in [4.78, 5) is 15.3. The van der Waals surface area contributed by atoms with E-state index in [1.807, 2.05) is 0 Å². The topological polar surface area (TPSA) is 63.2 Å². The second-order valence-electron chi connectivity index (χ2n) is 6.89. The summed E-state index contributed by atoms with van der Waals surface area (Å²) < 4.78 is 44.3. The SMILES string of the molecule is CC(C)(CNc1ccc(Br)nc1C(F)(F)F)NC(=O)OC(C)(C)C. The van der Waals surface area contributed by atoms with E-state index >= 15 is 0 Å². The number of hydrogen-bond donors (Lipinski definition) is 2. The van der Waals surface area contributed by atoms with E-state index in [1.54, 1.807) is 34.6 Å². The van der Waals surface area contributed by atoms with Crippen LogP contribution in [0.3, 0.4) is 0 Å². The highest BCUT2D eigenvalue weighted by atomic mass is 79.9. The average molecular weight is 412 g/mol. The van der Waals surface area contributed by atoms with Crippen molar-refractivity contribution < 1.29 is 22.7 Å². The van der Waals surface area contributed by atoms with Gasteiger partial charge in [0.1, 0.15) is 10.2 Å². The fraction of sp³-hybridized carbons (Fsp3) is 0.600. The number of aromatic nitrogens is 1. The molecule has 0 aliphatic heterocycles. The molecule has 136 valence electrons. The Hall–Kier alpha value is -1.51. The van der Waals surface area contributed by atoms with Gasteiger partial charge in [-0.1, -0.05) is 0 Å². The Balaban J connectivity index is 2.80. The molecule has 0 aliphatic rings. The van der Waals surface area contributed by atoms with Gasteiger partial charge < -0.3 is 15.4 Å². The van der Waals surface area contributed by atoms with Crippen LogP contribution in [-0.2, 0) is 10.9 Å². The Bertz CT molecular complexity index is 599. The van der Waals surface area contributed by atoms with Crippen molar-refractivity contribution in [3.8, 4) is 0 Å². The lowest BCUT2D eigenvalue weighted by atomic mass is 10.1. The van der Waals surface area contributed by atoms with Gasteiger partial charge in [-0.25, -0.2) is 9.78 Å². The Morgan fingerprint density at radius 1 is 1.21 bits per heavy atom. The minimum absolute atomic E-state index is 0.0542. The van der Waals surface area contributed by atoms with Gasteiger partial charge in [-0.2, -0.15) is 13.2 Å². The standard InChI is InChI=1S/C15H21BrF3N3O2/c1-13(2,3)24-12(23)22-14(4,5)8-20-9-6-7-10(16)21-11(9)15(17,18)19/h6-7,20H,8H2,1-5H3,(H,22,23). The van der Waals surface area contributed by atoms with Crippen molar-refractivity contribution in [1.82, 2.24) is 10.3 Å². The summed E-state index contributed by atoms with van der Waals surface area (Å²) in [5.41, 5.74) is -2.68. The zero-order chi connectivity index (χ0) is 18.8. The molecule has 1 amide bonds. The summed E-state index contributed by atoms with van der Waals surface area (Å²) in [6.07, 6.45) is -5.23. The lowest BCUT2D eigenvalue weighted by Gasteiger charge is -2.29. The van der Waals surface area contributed by atoms with Crippen LogP contribution in [0.2, 0.25) is 0 Å². The lowest BCUT2D eigenvalue weighted by Crippen LogP contribution is -2.50. The number of anilines is 1. The van der Waals surface area contributed by atoms with E-state index in [1.165, 1.54) is 12.1 Å². The van der Waals surface area contributed by atoms with Crippen LogP contribution in [0.15, 0.2) is 16.7 Å². The van der Waals surface area contributed by atoms with Crippen molar-refractivity contribution in [2.24, 2.45) is 0 Å². The number of carbonyl (C=O) groups is 1. The first-order valence-corrected chi connectivity index (χ1v) is 7.98. The fourth-order valence-corrected chi connectivity index (χ4v) is 2.04. The molecule has 0 aromatic carbocycles. The number of ether oxygens (including phenoxy) is 1. The monoisotopic (exact) mass is 411 g/mol. The first kappa shape index (κ1) is 20.5. The minimum atomic E-state index is -4.59. The van der Waals surface area contributed by atoms with Crippen LogP contribution >= 0.6 is 15.9 Å². The highest BCUT2D eigenvalue weighted by Gasteiger charge is 2.36. The molecule has 0 saturated carbocycles. The van der Waals surface area contributed by atoms with Gasteiger partial charge in [0.25, 0.3) is 0 Å². The largest absolute Gasteiger partial charge is 0.444 e. The number of alkyl carbamates (subject to hydrolysis) is 1. The van der Waals surface area contributed by atoms with Crippen molar-refractivity contribution in [3.05, 3.63) is 22.4 Å². The molecule has 0 spiro atoms. The molecule has 0 fully saturated rings. The van der Waals surface area contributed by atoms with Crippen LogP contribution in [0, 0.1) is 0 Å². The van der Waals surface area contributed by atoms with Gasteiger partial charge in [0.15, 0.2) is 5.69 Å². The Labute approximate surface area is 147 Å². The molecule has 0 saturated heterocycles. The van der Waals surface area contributed by atoms with E-state index in [-0.39, 0.29) is 16.8 Å². The summed E-state index contributed by atoms with van der Waals surface area (Å²) in [5.74, 6) is 0. The van der Waals surface area contributed by atoms with Gasteiger partial charge in [-0.3, -0.25) is 0 Å².